The predicted octanol–water partition coefficient (Wildman–Crippen LogP) is 1.54. The lowest BCUT2D eigenvalue weighted by Crippen LogP contribution is -2.10. The van der Waals surface area contributed by atoms with Crippen molar-refractivity contribution < 1.29 is 0 Å². The molecule has 1 N–H and O–H groups in total. The molecule has 3 aromatic rings. The van der Waals surface area contributed by atoms with Crippen LogP contribution in [0.2, 0.25) is 0 Å². The van der Waals surface area contributed by atoms with Crippen LogP contribution in [0.25, 0.3) is 5.78 Å². The first-order chi connectivity index (χ1) is 8.83. The summed E-state index contributed by atoms with van der Waals surface area (Å²) in [4.78, 5) is 12.6. The fourth-order valence-corrected chi connectivity index (χ4v) is 2.33. The normalized spacial score (nSPS) is 10.9. The molecule has 3 aromatic heterocycles. The standard InChI is InChI=1S/C11H12N6S/c1-8-4-10(17-11(16-8)13-6-15-17)12-3-2-9-5-18-7-14-9/h4-7,12H,2-3H2,1H3. The summed E-state index contributed by atoms with van der Waals surface area (Å²) in [6.45, 7) is 2.75. The van der Waals surface area contributed by atoms with Gasteiger partial charge in [0.05, 0.1) is 11.2 Å². The number of nitrogens with zero attached hydrogens (tertiary/aromatic N) is 5. The molecule has 3 rings (SSSR count). The first-order valence-corrected chi connectivity index (χ1v) is 6.55. The van der Waals surface area contributed by atoms with Crippen molar-refractivity contribution in [2.24, 2.45) is 0 Å². The summed E-state index contributed by atoms with van der Waals surface area (Å²) in [5.41, 5.74) is 3.88. The second-order valence-corrected chi connectivity index (χ2v) is 4.63. The summed E-state index contributed by atoms with van der Waals surface area (Å²) in [6, 6.07) is 1.96. The van der Waals surface area contributed by atoms with Crippen LogP contribution in [0.3, 0.4) is 0 Å². The number of anilines is 1. The van der Waals surface area contributed by atoms with Crippen LogP contribution in [-0.4, -0.2) is 31.1 Å². The second-order valence-electron chi connectivity index (χ2n) is 3.91. The molecule has 18 heavy (non-hydrogen) atoms. The van der Waals surface area contributed by atoms with Gasteiger partial charge in [0.1, 0.15) is 12.1 Å². The summed E-state index contributed by atoms with van der Waals surface area (Å²) in [6.07, 6.45) is 2.40. The predicted molar refractivity (Wildman–Crippen MR) is 69.8 cm³/mol. The molecule has 92 valence electrons. The highest BCUT2D eigenvalue weighted by atomic mass is 32.1. The Morgan fingerprint density at radius 1 is 1.39 bits per heavy atom. The number of hydrogen-bond donors (Lipinski definition) is 1. The van der Waals surface area contributed by atoms with E-state index in [1.165, 1.54) is 6.33 Å². The van der Waals surface area contributed by atoms with Gasteiger partial charge in [-0.2, -0.15) is 14.6 Å². The monoisotopic (exact) mass is 260 g/mol. The Hall–Kier alpha value is -2.02. The molecule has 0 fully saturated rings. The molecule has 0 aromatic carbocycles. The summed E-state index contributed by atoms with van der Waals surface area (Å²) in [5, 5.41) is 9.54. The topological polar surface area (TPSA) is 68.0 Å². The van der Waals surface area contributed by atoms with E-state index in [9.17, 15) is 0 Å². The summed E-state index contributed by atoms with van der Waals surface area (Å²) >= 11 is 1.62. The van der Waals surface area contributed by atoms with Crippen LogP contribution in [0.5, 0.6) is 0 Å². The number of aromatic nitrogens is 5. The zero-order valence-electron chi connectivity index (χ0n) is 9.87. The molecule has 0 radical (unpaired) electrons. The number of fused-ring (bicyclic) bond motifs is 1. The zero-order chi connectivity index (χ0) is 12.4. The van der Waals surface area contributed by atoms with Gasteiger partial charge in [-0.05, 0) is 6.92 Å². The van der Waals surface area contributed by atoms with E-state index in [4.69, 9.17) is 0 Å². The third-order valence-electron chi connectivity index (χ3n) is 2.55. The largest absolute Gasteiger partial charge is 0.369 e. The highest BCUT2D eigenvalue weighted by Gasteiger charge is 2.05. The molecule has 0 unspecified atom stereocenters. The Balaban J connectivity index is 1.75. The number of nitrogens with one attached hydrogen (secondary N) is 1. The van der Waals surface area contributed by atoms with Crippen molar-refractivity contribution in [2.75, 3.05) is 11.9 Å². The average Bonchev–Trinajstić information content (AvgIpc) is 2.98. The minimum Gasteiger partial charge on any atom is -0.369 e. The molecule has 0 saturated heterocycles. The molecule has 0 aliphatic rings. The van der Waals surface area contributed by atoms with E-state index < -0.39 is 0 Å². The first-order valence-electron chi connectivity index (χ1n) is 5.61. The van der Waals surface area contributed by atoms with Gasteiger partial charge in [-0.25, -0.2) is 9.97 Å². The van der Waals surface area contributed by atoms with Crippen LogP contribution in [0.4, 0.5) is 5.82 Å². The smallest absolute Gasteiger partial charge is 0.254 e. The molecular weight excluding hydrogens is 248 g/mol. The molecular formula is C11H12N6S. The van der Waals surface area contributed by atoms with Crippen molar-refractivity contribution in [3.63, 3.8) is 0 Å². The van der Waals surface area contributed by atoms with E-state index in [0.29, 0.717) is 5.78 Å². The van der Waals surface area contributed by atoms with Crippen LogP contribution >= 0.6 is 11.3 Å². The Kier molecular flexibility index (Phi) is 2.89. The zero-order valence-corrected chi connectivity index (χ0v) is 10.7. The Morgan fingerprint density at radius 3 is 3.17 bits per heavy atom. The van der Waals surface area contributed by atoms with E-state index in [1.807, 2.05) is 18.5 Å². The summed E-state index contributed by atoms with van der Waals surface area (Å²) in [7, 11) is 0. The van der Waals surface area contributed by atoms with Crippen LogP contribution in [0.15, 0.2) is 23.3 Å². The van der Waals surface area contributed by atoms with Crippen molar-refractivity contribution in [1.29, 1.82) is 0 Å². The van der Waals surface area contributed by atoms with Gasteiger partial charge in [0.25, 0.3) is 5.78 Å². The average molecular weight is 260 g/mol. The van der Waals surface area contributed by atoms with Crippen molar-refractivity contribution in [3.05, 3.63) is 34.7 Å². The van der Waals surface area contributed by atoms with Crippen LogP contribution in [-0.2, 0) is 6.42 Å². The van der Waals surface area contributed by atoms with Crippen LogP contribution < -0.4 is 5.32 Å². The molecule has 0 bridgehead atoms. The minimum atomic E-state index is 0.617. The molecule has 6 nitrogen and oxygen atoms in total. The van der Waals surface area contributed by atoms with Crippen LogP contribution in [0, 0.1) is 6.92 Å². The van der Waals surface area contributed by atoms with Crippen LogP contribution in [0.1, 0.15) is 11.4 Å². The van der Waals surface area contributed by atoms with Crippen molar-refractivity contribution in [1.82, 2.24) is 24.6 Å². The SMILES string of the molecule is Cc1cc(NCCc2cscn2)n2ncnc2n1. The van der Waals surface area contributed by atoms with Gasteiger partial charge >= 0.3 is 0 Å². The van der Waals surface area contributed by atoms with Crippen molar-refractivity contribution >= 4 is 22.9 Å². The maximum Gasteiger partial charge on any atom is 0.254 e. The Morgan fingerprint density at radius 2 is 2.33 bits per heavy atom. The van der Waals surface area contributed by atoms with Gasteiger partial charge in [-0.15, -0.1) is 11.3 Å². The third kappa shape index (κ3) is 2.17. The molecule has 3 heterocycles. The van der Waals surface area contributed by atoms with E-state index in [2.05, 4.69) is 30.7 Å². The second kappa shape index (κ2) is 4.69. The highest BCUT2D eigenvalue weighted by Crippen LogP contribution is 2.10. The summed E-state index contributed by atoms with van der Waals surface area (Å²) in [5.74, 6) is 1.52. The fourth-order valence-electron chi connectivity index (χ4n) is 1.74. The molecule has 7 heteroatoms. The van der Waals surface area contributed by atoms with Gasteiger partial charge in [-0.3, -0.25) is 0 Å². The molecule has 0 atom stereocenters. The lowest BCUT2D eigenvalue weighted by Gasteiger charge is -2.07. The Bertz CT molecular complexity index is 645. The van der Waals surface area contributed by atoms with E-state index in [0.717, 1.165) is 30.2 Å². The highest BCUT2D eigenvalue weighted by molar-refractivity contribution is 7.07. The summed E-state index contributed by atoms with van der Waals surface area (Å²) < 4.78 is 1.70. The maximum absolute atomic E-state index is 4.29. The van der Waals surface area contributed by atoms with E-state index in [1.54, 1.807) is 15.9 Å². The first kappa shape index (κ1) is 11.1. The van der Waals surface area contributed by atoms with E-state index >= 15 is 0 Å². The minimum absolute atomic E-state index is 0.617. The molecule has 0 spiro atoms. The number of rotatable bonds is 4. The number of aryl methyl sites for hydroxylation is 1. The van der Waals surface area contributed by atoms with Gasteiger partial charge in [-0.1, -0.05) is 0 Å². The fraction of sp³-hybridized carbons (Fsp3) is 0.273. The number of thiazole rings is 1. The number of hydrogen-bond acceptors (Lipinski definition) is 6. The van der Waals surface area contributed by atoms with Crippen molar-refractivity contribution in [2.45, 2.75) is 13.3 Å². The molecule has 0 aliphatic carbocycles. The van der Waals surface area contributed by atoms with Gasteiger partial charge in [0.15, 0.2) is 0 Å². The van der Waals surface area contributed by atoms with Gasteiger partial charge in [0, 0.05) is 30.1 Å². The molecule has 0 saturated carbocycles. The van der Waals surface area contributed by atoms with E-state index in [-0.39, 0.29) is 0 Å². The molecule has 0 aliphatic heterocycles. The lowest BCUT2D eigenvalue weighted by atomic mass is 10.3. The van der Waals surface area contributed by atoms with Gasteiger partial charge < -0.3 is 5.32 Å². The Labute approximate surface area is 108 Å². The maximum atomic E-state index is 4.29. The lowest BCUT2D eigenvalue weighted by molar-refractivity contribution is 0.898. The quantitative estimate of drug-likeness (QED) is 0.770. The third-order valence-corrected chi connectivity index (χ3v) is 3.19. The molecule has 0 amide bonds. The van der Waals surface area contributed by atoms with Crippen molar-refractivity contribution in [3.8, 4) is 0 Å². The van der Waals surface area contributed by atoms with Gasteiger partial charge in [0.2, 0.25) is 0 Å².